The number of alkyl carbamates (subject to hydrolysis) is 1. The summed E-state index contributed by atoms with van der Waals surface area (Å²) < 4.78 is 11.5. The van der Waals surface area contributed by atoms with E-state index in [1.54, 1.807) is 7.11 Å². The lowest BCUT2D eigenvalue weighted by molar-refractivity contribution is -0.135. The number of halogens is 1. The summed E-state index contributed by atoms with van der Waals surface area (Å²) in [5, 5.41) is 16.0. The van der Waals surface area contributed by atoms with Gasteiger partial charge in [-0.15, -0.1) is 0 Å². The molecule has 0 spiro atoms. The third-order valence-electron chi connectivity index (χ3n) is 4.74. The number of H-pyrrole nitrogens is 1. The van der Waals surface area contributed by atoms with Gasteiger partial charge in [0.1, 0.15) is 11.4 Å². The van der Waals surface area contributed by atoms with Crippen molar-refractivity contribution in [1.29, 1.82) is 0 Å². The Balaban J connectivity index is 1.85. The first kappa shape index (κ1) is 23.1. The Morgan fingerprint density at radius 1 is 1.23 bits per heavy atom. The minimum absolute atomic E-state index is 0.168. The Morgan fingerprint density at radius 3 is 2.58 bits per heavy atom. The van der Waals surface area contributed by atoms with Crippen LogP contribution in [-0.4, -0.2) is 40.6 Å². The number of fused-ring (bicyclic) bond motifs is 1. The van der Waals surface area contributed by atoms with Crippen molar-refractivity contribution in [2.45, 2.75) is 39.0 Å². The average Bonchev–Trinajstić information content (AvgIpc) is 3.10. The molecule has 7 nitrogen and oxygen atoms in total. The van der Waals surface area contributed by atoms with E-state index in [1.807, 2.05) is 69.4 Å². The van der Waals surface area contributed by atoms with Crippen molar-refractivity contribution < 1.29 is 19.5 Å². The van der Waals surface area contributed by atoms with Gasteiger partial charge in [-0.05, 0) is 62.2 Å². The largest absolute Gasteiger partial charge is 0.497 e. The van der Waals surface area contributed by atoms with Gasteiger partial charge in [0.25, 0.3) is 0 Å². The minimum Gasteiger partial charge on any atom is -0.497 e. The summed E-state index contributed by atoms with van der Waals surface area (Å²) in [5.41, 5.74) is 2.11. The van der Waals surface area contributed by atoms with Gasteiger partial charge < -0.3 is 25.0 Å². The average molecular weight is 490 g/mol. The van der Waals surface area contributed by atoms with Crippen molar-refractivity contribution in [3.8, 4) is 5.75 Å². The van der Waals surface area contributed by atoms with Crippen LogP contribution in [0.4, 0.5) is 4.79 Å². The molecule has 1 amide bonds. The number of nitrogens with one attached hydrogen (secondary N) is 2. The molecule has 0 radical (unpaired) electrons. The van der Waals surface area contributed by atoms with Crippen LogP contribution in [0.3, 0.4) is 0 Å². The summed E-state index contributed by atoms with van der Waals surface area (Å²) in [4.78, 5) is 15.5. The number of aromatic nitrogens is 1. The van der Waals surface area contributed by atoms with Crippen molar-refractivity contribution >= 4 is 32.9 Å². The van der Waals surface area contributed by atoms with Crippen LogP contribution in [0.2, 0.25) is 0 Å². The van der Waals surface area contributed by atoms with Crippen LogP contribution in [0.25, 0.3) is 10.9 Å². The monoisotopic (exact) mass is 489 g/mol. The molecule has 0 bridgehead atoms. The third kappa shape index (κ3) is 6.22. The molecule has 3 aromatic rings. The van der Waals surface area contributed by atoms with Crippen molar-refractivity contribution in [1.82, 2.24) is 15.4 Å². The molecule has 0 aliphatic carbocycles. The zero-order valence-corrected chi connectivity index (χ0v) is 19.7. The molecule has 1 aromatic heterocycles. The summed E-state index contributed by atoms with van der Waals surface area (Å²) in [7, 11) is 1.61. The van der Waals surface area contributed by atoms with E-state index in [4.69, 9.17) is 9.47 Å². The van der Waals surface area contributed by atoms with Crippen molar-refractivity contribution in [2.24, 2.45) is 0 Å². The fourth-order valence-corrected chi connectivity index (χ4v) is 3.65. The van der Waals surface area contributed by atoms with Crippen molar-refractivity contribution in [2.75, 3.05) is 13.7 Å². The lowest BCUT2D eigenvalue weighted by atomic mass is 10.0. The first-order valence-electron chi connectivity index (χ1n) is 9.98. The van der Waals surface area contributed by atoms with Crippen LogP contribution in [0.1, 0.15) is 37.9 Å². The van der Waals surface area contributed by atoms with E-state index >= 15 is 0 Å². The number of benzene rings is 2. The van der Waals surface area contributed by atoms with Gasteiger partial charge in [-0.25, -0.2) is 4.79 Å². The zero-order valence-electron chi connectivity index (χ0n) is 18.1. The van der Waals surface area contributed by atoms with Crippen LogP contribution < -0.4 is 10.1 Å². The van der Waals surface area contributed by atoms with E-state index < -0.39 is 17.7 Å². The first-order chi connectivity index (χ1) is 14.7. The van der Waals surface area contributed by atoms with Gasteiger partial charge in [0.05, 0.1) is 13.2 Å². The molecule has 0 saturated heterocycles. The van der Waals surface area contributed by atoms with Crippen LogP contribution in [0, 0.1) is 0 Å². The number of nitrogens with zero attached hydrogens (tertiary/aromatic N) is 1. The number of ether oxygens (including phenoxy) is 2. The summed E-state index contributed by atoms with van der Waals surface area (Å²) in [6.07, 6.45) is 1.33. The smallest absolute Gasteiger partial charge is 0.407 e. The molecule has 166 valence electrons. The third-order valence-corrected chi connectivity index (χ3v) is 5.23. The summed E-state index contributed by atoms with van der Waals surface area (Å²) in [5.74, 6) is 0.748. The summed E-state index contributed by atoms with van der Waals surface area (Å²) >= 11 is 3.51. The molecule has 1 unspecified atom stereocenters. The van der Waals surface area contributed by atoms with E-state index in [0.717, 1.165) is 32.3 Å². The number of hydrogen-bond acceptors (Lipinski definition) is 5. The normalized spacial score (nSPS) is 12.7. The van der Waals surface area contributed by atoms with Gasteiger partial charge in [-0.2, -0.15) is 5.06 Å². The second-order valence-corrected chi connectivity index (χ2v) is 9.19. The van der Waals surface area contributed by atoms with Crippen molar-refractivity contribution in [3.63, 3.8) is 0 Å². The molecular weight excluding hydrogens is 462 g/mol. The van der Waals surface area contributed by atoms with Crippen LogP contribution in [0.5, 0.6) is 5.75 Å². The molecule has 0 saturated carbocycles. The van der Waals surface area contributed by atoms with Gasteiger partial charge >= 0.3 is 6.09 Å². The summed E-state index contributed by atoms with van der Waals surface area (Å²) in [6, 6.07) is 12.9. The second-order valence-electron chi connectivity index (χ2n) is 8.28. The van der Waals surface area contributed by atoms with E-state index in [0.29, 0.717) is 0 Å². The number of amides is 1. The van der Waals surface area contributed by atoms with Gasteiger partial charge in [0.15, 0.2) is 0 Å². The predicted molar refractivity (Wildman–Crippen MR) is 123 cm³/mol. The van der Waals surface area contributed by atoms with E-state index in [-0.39, 0.29) is 13.1 Å². The Labute approximate surface area is 190 Å². The maximum Gasteiger partial charge on any atom is 0.407 e. The minimum atomic E-state index is -0.604. The molecular formula is C23H28BrN3O4. The highest BCUT2D eigenvalue weighted by molar-refractivity contribution is 9.10. The van der Waals surface area contributed by atoms with Crippen LogP contribution in [-0.2, 0) is 11.3 Å². The molecule has 3 rings (SSSR count). The van der Waals surface area contributed by atoms with Gasteiger partial charge in [0, 0.05) is 34.7 Å². The van der Waals surface area contributed by atoms with Gasteiger partial charge in [-0.3, -0.25) is 0 Å². The number of carbonyl (C=O) groups is 1. The molecule has 3 N–H and O–H groups in total. The molecule has 0 aliphatic rings. The first-order valence-corrected chi connectivity index (χ1v) is 10.8. The number of hydroxylamine groups is 2. The highest BCUT2D eigenvalue weighted by atomic mass is 79.9. The number of methoxy groups -OCH3 is 1. The Morgan fingerprint density at radius 2 is 1.94 bits per heavy atom. The molecule has 2 aromatic carbocycles. The van der Waals surface area contributed by atoms with E-state index in [2.05, 4.69) is 26.2 Å². The molecule has 1 atom stereocenters. The summed E-state index contributed by atoms with van der Waals surface area (Å²) in [6.45, 7) is 5.86. The standard InChI is InChI=1S/C23H28BrN3O4/c1-23(2,3)31-22(28)26-13-21(19-12-25-20-10-7-16(24)11-18(19)20)27(29)14-15-5-8-17(30-4)9-6-15/h5-12,21,25,29H,13-14H2,1-4H3,(H,26,28). The van der Waals surface area contributed by atoms with Gasteiger partial charge in [0.2, 0.25) is 0 Å². The number of hydrogen-bond donors (Lipinski definition) is 3. The number of carbonyl (C=O) groups excluding carboxylic acids is 1. The number of aromatic amines is 1. The second kappa shape index (κ2) is 9.72. The van der Waals surface area contributed by atoms with Crippen LogP contribution >= 0.6 is 15.9 Å². The van der Waals surface area contributed by atoms with E-state index in [1.165, 1.54) is 5.06 Å². The Kier molecular flexibility index (Phi) is 7.25. The Hall–Kier alpha value is -2.55. The Bertz CT molecular complexity index is 1030. The fourth-order valence-electron chi connectivity index (χ4n) is 3.29. The molecule has 0 fully saturated rings. The highest BCUT2D eigenvalue weighted by Gasteiger charge is 2.25. The fraction of sp³-hybridized carbons (Fsp3) is 0.348. The maximum absolute atomic E-state index is 12.2. The predicted octanol–water partition coefficient (Wildman–Crippen LogP) is 5.40. The van der Waals surface area contributed by atoms with Crippen molar-refractivity contribution in [3.05, 3.63) is 64.3 Å². The molecule has 1 heterocycles. The quantitative estimate of drug-likeness (QED) is 0.387. The number of rotatable bonds is 7. The zero-order chi connectivity index (χ0) is 22.6. The van der Waals surface area contributed by atoms with Crippen LogP contribution in [0.15, 0.2) is 53.1 Å². The molecule has 0 aliphatic heterocycles. The lowest BCUT2D eigenvalue weighted by Gasteiger charge is -2.27. The highest BCUT2D eigenvalue weighted by Crippen LogP contribution is 2.30. The molecule has 8 heteroatoms. The van der Waals surface area contributed by atoms with Gasteiger partial charge in [-0.1, -0.05) is 28.1 Å². The topological polar surface area (TPSA) is 86.8 Å². The maximum atomic E-state index is 12.2. The SMILES string of the molecule is COc1ccc(CN(O)C(CNC(=O)OC(C)(C)C)c2c[nH]c3ccc(Br)cc23)cc1. The van der Waals surface area contributed by atoms with E-state index in [9.17, 15) is 10.0 Å². The molecule has 31 heavy (non-hydrogen) atoms. The lowest BCUT2D eigenvalue weighted by Crippen LogP contribution is -2.39.